The van der Waals surface area contributed by atoms with Crippen molar-refractivity contribution in [3.05, 3.63) is 29.6 Å². The Morgan fingerprint density at radius 3 is 2.67 bits per heavy atom. The Balaban J connectivity index is 2.76. The fraction of sp³-hybridized carbons (Fsp3) is 0.643. The fourth-order valence-electron chi connectivity index (χ4n) is 2.00. The summed E-state index contributed by atoms with van der Waals surface area (Å²) in [7, 11) is 1.57. The van der Waals surface area contributed by atoms with Gasteiger partial charge in [0, 0.05) is 32.2 Å². The van der Waals surface area contributed by atoms with Crippen molar-refractivity contribution in [1.82, 2.24) is 10.3 Å². The van der Waals surface area contributed by atoms with Gasteiger partial charge in [0.2, 0.25) is 0 Å². The quantitative estimate of drug-likeness (QED) is 0.713. The van der Waals surface area contributed by atoms with Crippen LogP contribution < -0.4 is 5.32 Å². The van der Waals surface area contributed by atoms with E-state index >= 15 is 0 Å². The molecule has 0 saturated carbocycles. The van der Waals surface area contributed by atoms with E-state index in [0.717, 1.165) is 12.3 Å². The van der Waals surface area contributed by atoms with Crippen LogP contribution in [0.4, 0.5) is 13.2 Å². The second-order valence-corrected chi connectivity index (χ2v) is 4.46. The Kier molecular flexibility index (Phi) is 7.63. The van der Waals surface area contributed by atoms with Crippen LogP contribution >= 0.6 is 0 Å². The molecule has 1 aromatic rings. The van der Waals surface area contributed by atoms with Crippen molar-refractivity contribution in [3.8, 4) is 0 Å². The van der Waals surface area contributed by atoms with Crippen LogP contribution in [0.5, 0.6) is 0 Å². The minimum Gasteiger partial charge on any atom is -0.382 e. The van der Waals surface area contributed by atoms with Gasteiger partial charge in [0.15, 0.2) is 0 Å². The maximum atomic E-state index is 13.0. The van der Waals surface area contributed by atoms with Crippen molar-refractivity contribution in [2.45, 2.75) is 25.6 Å². The van der Waals surface area contributed by atoms with Gasteiger partial charge in [0.1, 0.15) is 0 Å². The number of hydrogen-bond acceptors (Lipinski definition) is 4. The molecule has 1 unspecified atom stereocenters. The predicted octanol–water partition coefficient (Wildman–Crippen LogP) is 2.80. The molecule has 0 aliphatic heterocycles. The highest BCUT2D eigenvalue weighted by molar-refractivity contribution is 5.29. The zero-order chi connectivity index (χ0) is 15.7. The second kappa shape index (κ2) is 8.96. The molecule has 1 atom stereocenters. The smallest absolute Gasteiger partial charge is 0.382 e. The number of nitrogens with zero attached hydrogens (tertiary/aromatic N) is 1. The third kappa shape index (κ3) is 5.99. The maximum absolute atomic E-state index is 13.0. The molecule has 4 nitrogen and oxygen atoms in total. The summed E-state index contributed by atoms with van der Waals surface area (Å²) in [5.41, 5.74) is -0.498. The molecule has 120 valence electrons. The zero-order valence-electron chi connectivity index (χ0n) is 12.2. The molecule has 1 rings (SSSR count). The molecule has 0 spiro atoms. The number of ether oxygens (including phenoxy) is 2. The molecule has 0 bridgehead atoms. The molecule has 1 heterocycles. The molecule has 0 fully saturated rings. The van der Waals surface area contributed by atoms with E-state index in [2.05, 4.69) is 10.3 Å². The molecule has 0 aromatic carbocycles. The largest absolute Gasteiger partial charge is 0.416 e. The van der Waals surface area contributed by atoms with Gasteiger partial charge in [0.05, 0.1) is 18.8 Å². The maximum Gasteiger partial charge on any atom is 0.416 e. The topological polar surface area (TPSA) is 43.4 Å². The Morgan fingerprint density at radius 2 is 2.05 bits per heavy atom. The molecule has 7 heteroatoms. The van der Waals surface area contributed by atoms with Crippen LogP contribution in [0.2, 0.25) is 0 Å². The van der Waals surface area contributed by atoms with Crippen LogP contribution in [-0.4, -0.2) is 38.5 Å². The Labute approximate surface area is 122 Å². The summed E-state index contributed by atoms with van der Waals surface area (Å²) in [4.78, 5) is 3.82. The molecule has 0 aliphatic rings. The standard InChI is InChI=1S/C14H21F3N2O2/c1-3-19-13(5-7-21-9-8-20-2)11-10-18-6-4-12(11)14(15,16)17/h4,6,10,13,19H,3,5,7-9H2,1-2H3. The lowest BCUT2D eigenvalue weighted by atomic mass is 10.00. The van der Waals surface area contributed by atoms with E-state index in [-0.39, 0.29) is 5.56 Å². The van der Waals surface area contributed by atoms with Crippen LogP contribution in [0.1, 0.15) is 30.5 Å². The van der Waals surface area contributed by atoms with Gasteiger partial charge in [-0.15, -0.1) is 0 Å². The van der Waals surface area contributed by atoms with E-state index in [9.17, 15) is 13.2 Å². The second-order valence-electron chi connectivity index (χ2n) is 4.46. The number of halogens is 3. The summed E-state index contributed by atoms with van der Waals surface area (Å²) >= 11 is 0. The highest BCUT2D eigenvalue weighted by atomic mass is 19.4. The summed E-state index contributed by atoms with van der Waals surface area (Å²) < 4.78 is 49.3. The summed E-state index contributed by atoms with van der Waals surface area (Å²) in [5, 5.41) is 3.05. The first kappa shape index (κ1) is 17.9. The summed E-state index contributed by atoms with van der Waals surface area (Å²) in [5.74, 6) is 0. The number of aromatic nitrogens is 1. The molecule has 0 radical (unpaired) electrons. The fourth-order valence-corrected chi connectivity index (χ4v) is 2.00. The van der Waals surface area contributed by atoms with E-state index in [4.69, 9.17) is 9.47 Å². The van der Waals surface area contributed by atoms with Gasteiger partial charge < -0.3 is 14.8 Å². The third-order valence-electron chi connectivity index (χ3n) is 2.97. The van der Waals surface area contributed by atoms with E-state index in [0.29, 0.717) is 32.8 Å². The average Bonchev–Trinajstić information content (AvgIpc) is 2.45. The molecule has 1 aromatic heterocycles. The number of alkyl halides is 3. The van der Waals surface area contributed by atoms with Crippen LogP contribution in [0.15, 0.2) is 18.5 Å². The van der Waals surface area contributed by atoms with Crippen molar-refractivity contribution >= 4 is 0 Å². The van der Waals surface area contributed by atoms with Gasteiger partial charge in [-0.2, -0.15) is 13.2 Å². The Bertz CT molecular complexity index is 413. The SMILES string of the molecule is CCNC(CCOCCOC)c1cnccc1C(F)(F)F. The number of hydrogen-bond donors (Lipinski definition) is 1. The van der Waals surface area contributed by atoms with Crippen LogP contribution in [-0.2, 0) is 15.7 Å². The first-order valence-corrected chi connectivity index (χ1v) is 6.81. The minimum atomic E-state index is -4.39. The molecule has 0 aliphatic carbocycles. The van der Waals surface area contributed by atoms with E-state index in [1.807, 2.05) is 6.92 Å². The average molecular weight is 306 g/mol. The molecular formula is C14H21F3N2O2. The highest BCUT2D eigenvalue weighted by Gasteiger charge is 2.35. The number of pyridine rings is 1. The molecule has 0 amide bonds. The number of nitrogens with one attached hydrogen (secondary N) is 1. The third-order valence-corrected chi connectivity index (χ3v) is 2.97. The van der Waals surface area contributed by atoms with Crippen molar-refractivity contribution < 1.29 is 22.6 Å². The molecular weight excluding hydrogens is 285 g/mol. The van der Waals surface area contributed by atoms with Crippen molar-refractivity contribution in [3.63, 3.8) is 0 Å². The van der Waals surface area contributed by atoms with Gasteiger partial charge >= 0.3 is 6.18 Å². The van der Waals surface area contributed by atoms with Crippen molar-refractivity contribution in [1.29, 1.82) is 0 Å². The first-order chi connectivity index (χ1) is 10.0. The van der Waals surface area contributed by atoms with Gasteiger partial charge in [-0.05, 0) is 24.6 Å². The summed E-state index contributed by atoms with van der Waals surface area (Å²) in [6.07, 6.45) is -1.52. The number of methoxy groups -OCH3 is 1. The van der Waals surface area contributed by atoms with Crippen molar-refractivity contribution in [2.75, 3.05) is 33.5 Å². The Hall–Kier alpha value is -1.18. The summed E-state index contributed by atoms with van der Waals surface area (Å²) in [6.45, 7) is 3.66. The number of rotatable bonds is 9. The monoisotopic (exact) mass is 306 g/mol. The first-order valence-electron chi connectivity index (χ1n) is 6.81. The lowest BCUT2D eigenvalue weighted by Gasteiger charge is -2.22. The highest BCUT2D eigenvalue weighted by Crippen LogP contribution is 2.34. The van der Waals surface area contributed by atoms with E-state index in [1.54, 1.807) is 7.11 Å². The lowest BCUT2D eigenvalue weighted by Crippen LogP contribution is -2.25. The minimum absolute atomic E-state index is 0.155. The zero-order valence-corrected chi connectivity index (χ0v) is 12.2. The van der Waals surface area contributed by atoms with Crippen LogP contribution in [0.25, 0.3) is 0 Å². The molecule has 0 saturated heterocycles. The molecule has 21 heavy (non-hydrogen) atoms. The van der Waals surface area contributed by atoms with Crippen molar-refractivity contribution in [2.24, 2.45) is 0 Å². The van der Waals surface area contributed by atoms with E-state index in [1.165, 1.54) is 6.20 Å². The normalized spacial score (nSPS) is 13.4. The Morgan fingerprint density at radius 1 is 1.29 bits per heavy atom. The lowest BCUT2D eigenvalue weighted by molar-refractivity contribution is -0.138. The van der Waals surface area contributed by atoms with Crippen LogP contribution in [0.3, 0.4) is 0 Å². The predicted molar refractivity (Wildman–Crippen MR) is 73.0 cm³/mol. The summed E-state index contributed by atoms with van der Waals surface area (Å²) in [6, 6.07) is 0.564. The van der Waals surface area contributed by atoms with E-state index < -0.39 is 17.8 Å². The van der Waals surface area contributed by atoms with Crippen LogP contribution in [0, 0.1) is 0 Å². The van der Waals surface area contributed by atoms with Gasteiger partial charge in [-0.1, -0.05) is 6.92 Å². The van der Waals surface area contributed by atoms with Gasteiger partial charge in [-0.3, -0.25) is 4.98 Å². The van der Waals surface area contributed by atoms with Gasteiger partial charge in [0.25, 0.3) is 0 Å². The van der Waals surface area contributed by atoms with Gasteiger partial charge in [-0.25, -0.2) is 0 Å². The molecule has 1 N–H and O–H groups in total.